The first-order valence-electron chi connectivity index (χ1n) is 7.32. The first-order valence-corrected chi connectivity index (χ1v) is 7.70. The molecule has 26 heavy (non-hydrogen) atoms. The Kier molecular flexibility index (Phi) is 6.15. The molecule has 0 aliphatic rings. The van der Waals surface area contributed by atoms with E-state index in [9.17, 15) is 18.0 Å². The summed E-state index contributed by atoms with van der Waals surface area (Å²) in [5, 5.41) is 2.34. The lowest BCUT2D eigenvalue weighted by Gasteiger charge is -2.10. The van der Waals surface area contributed by atoms with Gasteiger partial charge in [-0.3, -0.25) is 4.79 Å². The molecule has 0 saturated carbocycles. The third kappa shape index (κ3) is 4.92. The van der Waals surface area contributed by atoms with Crippen molar-refractivity contribution in [3.63, 3.8) is 0 Å². The van der Waals surface area contributed by atoms with Gasteiger partial charge in [0.2, 0.25) is 5.91 Å². The maximum atomic E-state index is 12.7. The van der Waals surface area contributed by atoms with Crippen molar-refractivity contribution in [2.75, 3.05) is 19.5 Å². The second kappa shape index (κ2) is 8.14. The molecule has 138 valence electrons. The number of amides is 1. The van der Waals surface area contributed by atoms with E-state index in [2.05, 4.69) is 5.32 Å². The van der Waals surface area contributed by atoms with Crippen LogP contribution in [0.2, 0.25) is 5.02 Å². The molecule has 0 radical (unpaired) electrons. The van der Waals surface area contributed by atoms with Gasteiger partial charge in [0.1, 0.15) is 0 Å². The number of nitrogens with one attached hydrogen (secondary N) is 1. The Morgan fingerprint density at radius 1 is 1.08 bits per heavy atom. The molecular formula is C18H15ClF3NO3. The van der Waals surface area contributed by atoms with E-state index in [0.717, 1.165) is 18.2 Å². The Morgan fingerprint density at radius 3 is 2.38 bits per heavy atom. The van der Waals surface area contributed by atoms with Crippen LogP contribution < -0.4 is 14.8 Å². The van der Waals surface area contributed by atoms with Crippen LogP contribution in [0.5, 0.6) is 11.5 Å². The Bertz CT molecular complexity index is 835. The molecule has 0 heterocycles. The zero-order chi connectivity index (χ0) is 19.3. The first kappa shape index (κ1) is 19.7. The Balaban J connectivity index is 2.15. The predicted octanol–water partition coefficient (Wildman–Crippen LogP) is 5.03. The Morgan fingerprint density at radius 2 is 1.77 bits per heavy atom. The number of rotatable bonds is 5. The number of benzene rings is 2. The number of carbonyl (C=O) groups excluding carboxylic acids is 1. The highest BCUT2D eigenvalue weighted by Gasteiger charge is 2.31. The number of anilines is 1. The minimum absolute atomic E-state index is 0.00543. The van der Waals surface area contributed by atoms with Gasteiger partial charge in [0.25, 0.3) is 0 Å². The maximum Gasteiger partial charge on any atom is 0.416 e. The van der Waals surface area contributed by atoms with Crippen LogP contribution in [0.3, 0.4) is 0 Å². The summed E-state index contributed by atoms with van der Waals surface area (Å²) in [6.07, 6.45) is -1.86. The van der Waals surface area contributed by atoms with Crippen molar-refractivity contribution in [3.8, 4) is 11.5 Å². The molecule has 0 unspecified atom stereocenters. The smallest absolute Gasteiger partial charge is 0.416 e. The van der Waals surface area contributed by atoms with E-state index in [1.807, 2.05) is 0 Å². The van der Waals surface area contributed by atoms with Crippen LogP contribution in [0.1, 0.15) is 11.1 Å². The van der Waals surface area contributed by atoms with Gasteiger partial charge >= 0.3 is 6.18 Å². The molecule has 0 saturated heterocycles. The van der Waals surface area contributed by atoms with Crippen molar-refractivity contribution in [3.05, 3.63) is 58.6 Å². The lowest BCUT2D eigenvalue weighted by Crippen LogP contribution is -2.11. The summed E-state index contributed by atoms with van der Waals surface area (Å²) in [6.45, 7) is 0. The number of ether oxygens (including phenoxy) is 2. The summed E-state index contributed by atoms with van der Waals surface area (Å²) in [7, 11) is 2.98. The number of alkyl halides is 3. The average Bonchev–Trinajstić information content (AvgIpc) is 2.60. The van der Waals surface area contributed by atoms with Crippen molar-refractivity contribution in [2.24, 2.45) is 0 Å². The van der Waals surface area contributed by atoms with Gasteiger partial charge in [-0.1, -0.05) is 17.7 Å². The van der Waals surface area contributed by atoms with Gasteiger partial charge in [0.05, 0.1) is 30.5 Å². The van der Waals surface area contributed by atoms with Crippen molar-refractivity contribution in [1.29, 1.82) is 0 Å². The summed E-state index contributed by atoms with van der Waals surface area (Å²) >= 11 is 5.84. The van der Waals surface area contributed by atoms with Crippen LogP contribution in [0, 0.1) is 0 Å². The number of carbonyl (C=O) groups is 1. The van der Waals surface area contributed by atoms with Crippen molar-refractivity contribution in [2.45, 2.75) is 6.18 Å². The van der Waals surface area contributed by atoms with E-state index in [1.165, 1.54) is 26.4 Å². The fourth-order valence-electron chi connectivity index (χ4n) is 2.10. The number of hydrogen-bond acceptors (Lipinski definition) is 3. The molecule has 0 bridgehead atoms. The van der Waals surface area contributed by atoms with E-state index < -0.39 is 17.6 Å². The highest BCUT2D eigenvalue weighted by Crippen LogP contribution is 2.34. The maximum absolute atomic E-state index is 12.7. The van der Waals surface area contributed by atoms with E-state index in [-0.39, 0.29) is 10.7 Å². The molecule has 2 aromatic rings. The zero-order valence-corrected chi connectivity index (χ0v) is 14.6. The zero-order valence-electron chi connectivity index (χ0n) is 13.9. The predicted molar refractivity (Wildman–Crippen MR) is 93.7 cm³/mol. The molecule has 0 aliphatic heterocycles. The van der Waals surface area contributed by atoms with Crippen molar-refractivity contribution in [1.82, 2.24) is 0 Å². The SMILES string of the molecule is COc1ccc(C=CC(=O)Nc2cc(C(F)(F)F)ccc2Cl)cc1OC. The van der Waals surface area contributed by atoms with E-state index >= 15 is 0 Å². The van der Waals surface area contributed by atoms with E-state index in [0.29, 0.717) is 17.1 Å². The third-order valence-corrected chi connectivity index (χ3v) is 3.72. The highest BCUT2D eigenvalue weighted by molar-refractivity contribution is 6.33. The van der Waals surface area contributed by atoms with Gasteiger partial charge in [-0.05, 0) is 42.0 Å². The van der Waals surface area contributed by atoms with E-state index in [1.54, 1.807) is 18.2 Å². The van der Waals surface area contributed by atoms with Gasteiger partial charge in [-0.15, -0.1) is 0 Å². The van der Waals surface area contributed by atoms with Crippen LogP contribution in [-0.2, 0) is 11.0 Å². The van der Waals surface area contributed by atoms with Crippen molar-refractivity contribution < 1.29 is 27.4 Å². The van der Waals surface area contributed by atoms with E-state index in [4.69, 9.17) is 21.1 Å². The quantitative estimate of drug-likeness (QED) is 0.734. The standard InChI is InChI=1S/C18H15ClF3NO3/c1-25-15-7-3-11(9-16(15)26-2)4-8-17(24)23-14-10-12(18(20,21)22)5-6-13(14)19/h3-10H,1-2H3,(H,23,24). The summed E-state index contributed by atoms with van der Waals surface area (Å²) in [4.78, 5) is 12.0. The molecule has 2 aromatic carbocycles. The second-order valence-corrected chi connectivity index (χ2v) is 5.54. The molecule has 0 aliphatic carbocycles. The minimum Gasteiger partial charge on any atom is -0.493 e. The molecular weight excluding hydrogens is 371 g/mol. The van der Waals surface area contributed by atoms with Gasteiger partial charge in [0, 0.05) is 6.08 Å². The summed E-state index contributed by atoms with van der Waals surface area (Å²) in [5.74, 6) is 0.391. The molecule has 0 aromatic heterocycles. The highest BCUT2D eigenvalue weighted by atomic mass is 35.5. The topological polar surface area (TPSA) is 47.6 Å². The average molecular weight is 386 g/mol. The minimum atomic E-state index is -4.53. The van der Waals surface area contributed by atoms with Gasteiger partial charge in [-0.2, -0.15) is 13.2 Å². The van der Waals surface area contributed by atoms with Gasteiger partial charge in [0.15, 0.2) is 11.5 Å². The molecule has 0 spiro atoms. The third-order valence-electron chi connectivity index (χ3n) is 3.39. The molecule has 0 fully saturated rings. The summed E-state index contributed by atoms with van der Waals surface area (Å²) in [6, 6.07) is 7.72. The molecule has 1 amide bonds. The van der Waals surface area contributed by atoms with Crippen LogP contribution in [0.4, 0.5) is 18.9 Å². The number of halogens is 4. The molecule has 2 rings (SSSR count). The van der Waals surface area contributed by atoms with Crippen LogP contribution in [-0.4, -0.2) is 20.1 Å². The van der Waals surface area contributed by atoms with Crippen molar-refractivity contribution >= 4 is 29.3 Å². The molecule has 8 heteroatoms. The fraction of sp³-hybridized carbons (Fsp3) is 0.167. The monoisotopic (exact) mass is 385 g/mol. The van der Waals surface area contributed by atoms with Gasteiger partial charge < -0.3 is 14.8 Å². The molecule has 4 nitrogen and oxygen atoms in total. The lowest BCUT2D eigenvalue weighted by atomic mass is 10.1. The lowest BCUT2D eigenvalue weighted by molar-refractivity contribution is -0.137. The molecule has 1 N–H and O–H groups in total. The number of hydrogen-bond donors (Lipinski definition) is 1. The largest absolute Gasteiger partial charge is 0.493 e. The normalized spacial score (nSPS) is 11.5. The van der Waals surface area contributed by atoms with Crippen LogP contribution in [0.15, 0.2) is 42.5 Å². The first-order chi connectivity index (χ1) is 12.2. The molecule has 0 atom stereocenters. The second-order valence-electron chi connectivity index (χ2n) is 5.13. The van der Waals surface area contributed by atoms with Gasteiger partial charge in [-0.25, -0.2) is 0 Å². The summed E-state index contributed by atoms with van der Waals surface area (Å²) < 4.78 is 48.5. The number of methoxy groups -OCH3 is 2. The Labute approximate surface area is 153 Å². The summed E-state index contributed by atoms with van der Waals surface area (Å²) in [5.41, 5.74) is -0.377. The van der Waals surface area contributed by atoms with Crippen LogP contribution in [0.25, 0.3) is 6.08 Å². The fourth-order valence-corrected chi connectivity index (χ4v) is 2.26. The van der Waals surface area contributed by atoms with Crippen LogP contribution >= 0.6 is 11.6 Å². The Hall–Kier alpha value is -2.67.